The number of benzene rings is 1. The van der Waals surface area contributed by atoms with Gasteiger partial charge in [-0.05, 0) is 68.3 Å². The van der Waals surface area contributed by atoms with E-state index in [0.29, 0.717) is 53.3 Å². The van der Waals surface area contributed by atoms with Crippen molar-refractivity contribution in [3.05, 3.63) is 72.6 Å². The van der Waals surface area contributed by atoms with Crippen LogP contribution in [-0.2, 0) is 18.4 Å². The minimum Gasteiger partial charge on any atom is -0.457 e. The Labute approximate surface area is 241 Å². The lowest BCUT2D eigenvalue weighted by Gasteiger charge is -2.18. The number of aromatic nitrogens is 4. The molecular formula is C29H29N9O4. The Hall–Kier alpha value is -5.35. The van der Waals surface area contributed by atoms with Crippen LogP contribution < -0.4 is 20.7 Å². The van der Waals surface area contributed by atoms with Crippen molar-refractivity contribution >= 4 is 34.6 Å². The number of imide groups is 1. The van der Waals surface area contributed by atoms with Crippen molar-refractivity contribution in [2.24, 2.45) is 12.8 Å². The van der Waals surface area contributed by atoms with Gasteiger partial charge in [-0.25, -0.2) is 14.8 Å². The van der Waals surface area contributed by atoms with Gasteiger partial charge in [0.15, 0.2) is 0 Å². The number of hydrogen-bond donors (Lipinski definition) is 2. The number of aryl methyl sites for hydroxylation is 1. The lowest BCUT2D eigenvalue weighted by molar-refractivity contribution is -0.125. The average Bonchev–Trinajstić information content (AvgIpc) is 3.47. The van der Waals surface area contributed by atoms with Gasteiger partial charge in [0.2, 0.25) is 5.82 Å². The lowest BCUT2D eigenvalue weighted by atomic mass is 10.1. The maximum atomic E-state index is 13.3. The van der Waals surface area contributed by atoms with E-state index in [4.69, 9.17) is 10.5 Å². The first-order valence-corrected chi connectivity index (χ1v) is 13.4. The van der Waals surface area contributed by atoms with Crippen molar-refractivity contribution in [2.45, 2.75) is 31.8 Å². The minimum atomic E-state index is -0.674. The molecule has 1 fully saturated rings. The highest BCUT2D eigenvalue weighted by molar-refractivity contribution is 6.12. The van der Waals surface area contributed by atoms with E-state index in [1.165, 1.54) is 16.0 Å². The van der Waals surface area contributed by atoms with Crippen LogP contribution in [0.3, 0.4) is 0 Å². The number of urea groups is 1. The third-order valence-corrected chi connectivity index (χ3v) is 6.89. The third kappa shape index (κ3) is 6.03. The fourth-order valence-corrected chi connectivity index (χ4v) is 4.61. The zero-order valence-electron chi connectivity index (χ0n) is 22.9. The minimum absolute atomic E-state index is 0.0173. The van der Waals surface area contributed by atoms with Gasteiger partial charge in [-0.2, -0.15) is 5.26 Å². The van der Waals surface area contributed by atoms with Crippen molar-refractivity contribution in [3.63, 3.8) is 0 Å². The van der Waals surface area contributed by atoms with Gasteiger partial charge in [0, 0.05) is 42.4 Å². The summed E-state index contributed by atoms with van der Waals surface area (Å²) in [5.41, 5.74) is 7.17. The van der Waals surface area contributed by atoms with Gasteiger partial charge in [-0.15, -0.1) is 0 Å². The molecule has 0 spiro atoms. The fraction of sp³-hybridized carbons (Fsp3) is 0.276. The number of nitrogens with one attached hydrogen (secondary N) is 1. The second-order valence-corrected chi connectivity index (χ2v) is 9.73. The Morgan fingerprint density at radius 3 is 2.60 bits per heavy atom. The molecule has 0 unspecified atom stereocenters. The molecule has 0 aliphatic carbocycles. The van der Waals surface area contributed by atoms with Crippen molar-refractivity contribution in [1.29, 1.82) is 5.26 Å². The molecule has 13 nitrogen and oxygen atoms in total. The molecule has 0 bridgehead atoms. The Morgan fingerprint density at radius 2 is 1.88 bits per heavy atom. The van der Waals surface area contributed by atoms with E-state index >= 15 is 0 Å². The first kappa shape index (κ1) is 28.2. The van der Waals surface area contributed by atoms with E-state index in [-0.39, 0.29) is 24.8 Å². The summed E-state index contributed by atoms with van der Waals surface area (Å²) in [5.74, 6) is 0.236. The second-order valence-electron chi connectivity index (χ2n) is 9.73. The molecule has 214 valence electrons. The van der Waals surface area contributed by atoms with Crippen LogP contribution in [0.4, 0.5) is 10.5 Å². The van der Waals surface area contributed by atoms with Crippen LogP contribution in [0, 0.1) is 11.3 Å². The number of nitriles is 1. The van der Waals surface area contributed by atoms with Gasteiger partial charge in [0.05, 0.1) is 12.6 Å². The molecule has 0 radical (unpaired) electrons. The fourth-order valence-electron chi connectivity index (χ4n) is 4.61. The molecule has 4 aromatic rings. The van der Waals surface area contributed by atoms with Crippen LogP contribution in [0.15, 0.2) is 61.1 Å². The summed E-state index contributed by atoms with van der Waals surface area (Å²) >= 11 is 0. The zero-order valence-corrected chi connectivity index (χ0v) is 22.9. The molecule has 4 heterocycles. The van der Waals surface area contributed by atoms with E-state index in [1.54, 1.807) is 66.5 Å². The molecule has 1 aromatic carbocycles. The number of ether oxygens (including phenoxy) is 1. The number of nitrogens with zero attached hydrogens (tertiary/aromatic N) is 7. The van der Waals surface area contributed by atoms with Crippen molar-refractivity contribution in [3.8, 4) is 17.6 Å². The summed E-state index contributed by atoms with van der Waals surface area (Å²) in [6, 6.07) is 13.1. The molecule has 42 heavy (non-hydrogen) atoms. The molecule has 1 atom stereocenters. The molecule has 0 saturated carbocycles. The summed E-state index contributed by atoms with van der Waals surface area (Å²) in [5, 5.41) is 12.7. The molecule has 13 heteroatoms. The van der Waals surface area contributed by atoms with Crippen molar-refractivity contribution in [1.82, 2.24) is 29.7 Å². The maximum absolute atomic E-state index is 13.3. The molecule has 3 aromatic heterocycles. The Bertz CT molecular complexity index is 1650. The highest BCUT2D eigenvalue weighted by Crippen LogP contribution is 2.28. The van der Waals surface area contributed by atoms with Gasteiger partial charge in [-0.1, -0.05) is 0 Å². The topological polar surface area (TPSA) is 172 Å². The van der Waals surface area contributed by atoms with Crippen LogP contribution in [0.25, 0.3) is 11.0 Å². The number of unbranched alkanes of at least 4 members (excludes halogenated alkanes) is 1. The smallest absolute Gasteiger partial charge is 0.332 e. The van der Waals surface area contributed by atoms with E-state index in [0.717, 1.165) is 6.42 Å². The lowest BCUT2D eigenvalue weighted by Crippen LogP contribution is -2.35. The van der Waals surface area contributed by atoms with Gasteiger partial charge in [0.25, 0.3) is 11.8 Å². The van der Waals surface area contributed by atoms with Gasteiger partial charge in [-0.3, -0.25) is 24.4 Å². The average molecular weight is 568 g/mol. The largest absolute Gasteiger partial charge is 0.457 e. The first-order valence-electron chi connectivity index (χ1n) is 13.4. The molecule has 3 N–H and O–H groups in total. The number of fused-ring (bicyclic) bond motifs is 1. The summed E-state index contributed by atoms with van der Waals surface area (Å²) in [6.45, 7) is 0.441. The van der Waals surface area contributed by atoms with E-state index in [2.05, 4.69) is 26.3 Å². The molecular weight excluding hydrogens is 538 g/mol. The van der Waals surface area contributed by atoms with Crippen LogP contribution in [0.5, 0.6) is 11.5 Å². The van der Waals surface area contributed by atoms with Crippen molar-refractivity contribution < 1.29 is 19.1 Å². The number of nitrogens with two attached hydrogens (primary N) is 1. The van der Waals surface area contributed by atoms with Crippen LogP contribution in [-0.4, -0.2) is 61.4 Å². The van der Waals surface area contributed by atoms with Gasteiger partial charge < -0.3 is 20.4 Å². The maximum Gasteiger partial charge on any atom is 0.332 e. The number of carbonyl (C=O) groups excluding carboxylic acids is 3. The molecule has 1 aliphatic heterocycles. The molecule has 1 aliphatic rings. The number of pyridine rings is 1. The number of anilines is 1. The van der Waals surface area contributed by atoms with Gasteiger partial charge >= 0.3 is 6.03 Å². The highest BCUT2D eigenvalue weighted by Gasteiger charge is 2.37. The standard InChI is InChI=1S/C29H29N9O4/c1-36-22(14-19-16-33-26(35-27(19)36)28(40)34-20(15-31)4-2-3-11-30)17-38-25(39)18-37(29(38)41)21-5-7-23(8-6-21)42-24-9-12-32-13-10-24/h5-10,12-14,16,20H,2-4,11,17-18,30H2,1H3,(H,34,40)/t20-/m0/s1. The number of rotatable bonds is 11. The summed E-state index contributed by atoms with van der Waals surface area (Å²) in [6.07, 6.45) is 6.72. The normalized spacial score (nSPS) is 13.8. The molecule has 1 saturated heterocycles. The molecule has 5 rings (SSSR count). The monoisotopic (exact) mass is 567 g/mol. The second kappa shape index (κ2) is 12.4. The quantitative estimate of drug-likeness (QED) is 0.204. The number of carbonyl (C=O) groups is 3. The Balaban J connectivity index is 1.27. The summed E-state index contributed by atoms with van der Waals surface area (Å²) in [4.78, 5) is 54.0. The predicted molar refractivity (Wildman–Crippen MR) is 152 cm³/mol. The first-order chi connectivity index (χ1) is 20.4. The summed E-state index contributed by atoms with van der Waals surface area (Å²) in [7, 11) is 1.74. The Morgan fingerprint density at radius 1 is 1.14 bits per heavy atom. The highest BCUT2D eigenvalue weighted by atomic mass is 16.5. The van der Waals surface area contributed by atoms with Crippen LogP contribution >= 0.6 is 0 Å². The van der Waals surface area contributed by atoms with Gasteiger partial charge in [0.1, 0.15) is 29.7 Å². The van der Waals surface area contributed by atoms with E-state index in [9.17, 15) is 19.6 Å². The Kier molecular flexibility index (Phi) is 8.35. The predicted octanol–water partition coefficient (Wildman–Crippen LogP) is 2.88. The summed E-state index contributed by atoms with van der Waals surface area (Å²) < 4.78 is 7.49. The van der Waals surface area contributed by atoms with E-state index < -0.39 is 18.0 Å². The van der Waals surface area contributed by atoms with E-state index in [1.807, 2.05) is 0 Å². The third-order valence-electron chi connectivity index (χ3n) is 6.89. The number of hydrogen-bond acceptors (Lipinski definition) is 9. The van der Waals surface area contributed by atoms with Crippen LogP contribution in [0.2, 0.25) is 0 Å². The van der Waals surface area contributed by atoms with Crippen LogP contribution in [0.1, 0.15) is 35.6 Å². The van der Waals surface area contributed by atoms with Crippen molar-refractivity contribution in [2.75, 3.05) is 18.0 Å². The molecule has 4 amide bonds. The zero-order chi connectivity index (χ0) is 29.6. The SMILES string of the molecule is Cn1c(CN2C(=O)CN(c3ccc(Oc4ccncc4)cc3)C2=O)cc2cnc(C(=O)N[C@H](C#N)CCCCN)nc21. The number of amides is 4.